The van der Waals surface area contributed by atoms with Gasteiger partial charge in [0.1, 0.15) is 13.2 Å². The summed E-state index contributed by atoms with van der Waals surface area (Å²) in [6, 6.07) is 0. The maximum Gasteiger partial charge on any atom is 0.315 e. The van der Waals surface area contributed by atoms with Crippen molar-refractivity contribution >= 4 is 18.6 Å². The van der Waals surface area contributed by atoms with Gasteiger partial charge in [-0.3, -0.25) is 4.79 Å². The fourth-order valence-electron chi connectivity index (χ4n) is 0.479. The van der Waals surface area contributed by atoms with Crippen molar-refractivity contribution in [3.63, 3.8) is 0 Å². The largest absolute Gasteiger partial charge is 1.00 e. The summed E-state index contributed by atoms with van der Waals surface area (Å²) in [6.07, 6.45) is 0. The molecule has 0 N–H and O–H groups in total. The molecule has 0 aromatic rings. The Bertz CT molecular complexity index is 136. The standard InChI is InChI=1S/C7H15NO2S.ClH/c1-8(2,3)4-5-10-7(9)6-11;/h4-6H2,1-3H3;1H. The molecule has 0 rings (SSSR count). The Morgan fingerprint density at radius 1 is 1.42 bits per heavy atom. The lowest BCUT2D eigenvalue weighted by atomic mass is 10.5. The second kappa shape index (κ2) is 6.57. The molecule has 0 spiro atoms. The first-order valence-electron chi connectivity index (χ1n) is 3.52. The van der Waals surface area contributed by atoms with Gasteiger partial charge in [-0.2, -0.15) is 12.6 Å². The van der Waals surface area contributed by atoms with E-state index in [2.05, 4.69) is 33.8 Å². The van der Waals surface area contributed by atoms with E-state index >= 15 is 0 Å². The van der Waals surface area contributed by atoms with E-state index in [1.54, 1.807) is 0 Å². The first-order chi connectivity index (χ1) is 4.95. The number of halogens is 1. The molecule has 5 heteroatoms. The predicted octanol–water partition coefficient (Wildman–Crippen LogP) is -2.83. The van der Waals surface area contributed by atoms with Gasteiger partial charge in [-0.15, -0.1) is 0 Å². The van der Waals surface area contributed by atoms with E-state index in [0.717, 1.165) is 11.0 Å². The predicted molar refractivity (Wildman–Crippen MR) is 47.7 cm³/mol. The molecule has 0 atom stereocenters. The van der Waals surface area contributed by atoms with Crippen LogP contribution in [-0.2, 0) is 9.53 Å². The highest BCUT2D eigenvalue weighted by Crippen LogP contribution is 1.90. The number of thiol groups is 1. The third-order valence-electron chi connectivity index (χ3n) is 1.15. The number of hydrogen-bond donors (Lipinski definition) is 1. The van der Waals surface area contributed by atoms with Gasteiger partial charge in [0.25, 0.3) is 0 Å². The lowest BCUT2D eigenvalue weighted by Crippen LogP contribution is -3.00. The van der Waals surface area contributed by atoms with Gasteiger partial charge in [-0.05, 0) is 0 Å². The molecular formula is C7H16ClNO2S. The lowest BCUT2D eigenvalue weighted by molar-refractivity contribution is -0.870. The van der Waals surface area contributed by atoms with Crippen LogP contribution >= 0.6 is 12.6 Å². The zero-order valence-electron chi connectivity index (χ0n) is 7.71. The van der Waals surface area contributed by atoms with Gasteiger partial charge < -0.3 is 21.6 Å². The molecule has 0 heterocycles. The molecule has 0 saturated carbocycles. The highest BCUT2D eigenvalue weighted by Gasteiger charge is 2.07. The Balaban J connectivity index is 0. The van der Waals surface area contributed by atoms with Gasteiger partial charge in [0, 0.05) is 0 Å². The Morgan fingerprint density at radius 2 is 1.92 bits per heavy atom. The van der Waals surface area contributed by atoms with Crippen molar-refractivity contribution in [1.29, 1.82) is 0 Å². The molecule has 74 valence electrons. The SMILES string of the molecule is C[N+](C)(C)CCOC(=O)CS.[Cl-]. The molecule has 0 aliphatic carbocycles. The smallest absolute Gasteiger partial charge is 0.315 e. The maximum absolute atomic E-state index is 10.6. The lowest BCUT2D eigenvalue weighted by Gasteiger charge is -2.23. The summed E-state index contributed by atoms with van der Waals surface area (Å²) in [4.78, 5) is 10.6. The number of likely N-dealkylation sites (N-methyl/N-ethyl adjacent to an activating group) is 1. The molecule has 0 bridgehead atoms. The van der Waals surface area contributed by atoms with Crippen LogP contribution in [0.5, 0.6) is 0 Å². The van der Waals surface area contributed by atoms with E-state index in [0.29, 0.717) is 6.61 Å². The van der Waals surface area contributed by atoms with Crippen molar-refractivity contribution in [3.8, 4) is 0 Å². The fraction of sp³-hybridized carbons (Fsp3) is 0.857. The molecule has 0 amide bonds. The van der Waals surface area contributed by atoms with Crippen molar-refractivity contribution in [2.45, 2.75) is 0 Å². The second-order valence-corrected chi connectivity index (χ2v) is 3.71. The van der Waals surface area contributed by atoms with E-state index < -0.39 is 0 Å². The minimum Gasteiger partial charge on any atom is -1.00 e. The van der Waals surface area contributed by atoms with Crippen LogP contribution in [0.4, 0.5) is 0 Å². The molecule has 0 aromatic carbocycles. The van der Waals surface area contributed by atoms with Crippen molar-refractivity contribution in [1.82, 2.24) is 0 Å². The number of ether oxygens (including phenoxy) is 1. The van der Waals surface area contributed by atoms with Crippen molar-refractivity contribution < 1.29 is 26.4 Å². The quantitative estimate of drug-likeness (QED) is 0.310. The summed E-state index contributed by atoms with van der Waals surface area (Å²) < 4.78 is 5.64. The third kappa shape index (κ3) is 10.1. The van der Waals surface area contributed by atoms with E-state index in [-0.39, 0.29) is 24.1 Å². The molecule has 3 nitrogen and oxygen atoms in total. The molecular weight excluding hydrogens is 198 g/mol. The maximum atomic E-state index is 10.6. The number of hydrogen-bond acceptors (Lipinski definition) is 3. The zero-order chi connectivity index (χ0) is 8.91. The molecule has 0 radical (unpaired) electrons. The summed E-state index contributed by atoms with van der Waals surface area (Å²) in [5.41, 5.74) is 0. The molecule has 0 unspecified atom stereocenters. The van der Waals surface area contributed by atoms with Crippen LogP contribution in [0.2, 0.25) is 0 Å². The van der Waals surface area contributed by atoms with Crippen LogP contribution < -0.4 is 12.4 Å². The molecule has 12 heavy (non-hydrogen) atoms. The minimum absolute atomic E-state index is 0. The minimum atomic E-state index is -0.248. The summed E-state index contributed by atoms with van der Waals surface area (Å²) in [5, 5.41) is 0. The molecule has 0 aliphatic rings. The van der Waals surface area contributed by atoms with Gasteiger partial charge >= 0.3 is 5.97 Å². The third-order valence-corrected chi connectivity index (χ3v) is 1.41. The van der Waals surface area contributed by atoms with Crippen LogP contribution in [0.15, 0.2) is 0 Å². The number of quaternary nitrogens is 1. The fourth-order valence-corrected chi connectivity index (χ4v) is 0.570. The van der Waals surface area contributed by atoms with E-state index in [1.165, 1.54) is 0 Å². The van der Waals surface area contributed by atoms with Crippen LogP contribution in [0.1, 0.15) is 0 Å². The summed E-state index contributed by atoms with van der Waals surface area (Å²) in [6.45, 7) is 1.31. The van der Waals surface area contributed by atoms with E-state index in [9.17, 15) is 4.79 Å². The van der Waals surface area contributed by atoms with Crippen molar-refractivity contribution in [2.75, 3.05) is 40.0 Å². The first kappa shape index (κ1) is 14.6. The monoisotopic (exact) mass is 213 g/mol. The summed E-state index contributed by atoms with van der Waals surface area (Å²) in [5.74, 6) is -0.0845. The Labute approximate surface area is 85.5 Å². The number of nitrogens with zero attached hydrogens (tertiary/aromatic N) is 1. The van der Waals surface area contributed by atoms with Gasteiger partial charge in [-0.1, -0.05) is 0 Å². The zero-order valence-corrected chi connectivity index (χ0v) is 9.36. The number of carbonyl (C=O) groups excluding carboxylic acids is 1. The molecule has 0 saturated heterocycles. The Kier molecular flexibility index (Phi) is 7.99. The van der Waals surface area contributed by atoms with Crippen molar-refractivity contribution in [3.05, 3.63) is 0 Å². The van der Waals surface area contributed by atoms with Crippen LogP contribution in [0.3, 0.4) is 0 Å². The Hall–Kier alpha value is 0.0700. The highest BCUT2D eigenvalue weighted by atomic mass is 35.5. The number of carbonyl (C=O) groups is 1. The van der Waals surface area contributed by atoms with Crippen LogP contribution in [0, 0.1) is 0 Å². The van der Waals surface area contributed by atoms with Gasteiger partial charge in [0.05, 0.1) is 26.9 Å². The average molecular weight is 214 g/mol. The first-order valence-corrected chi connectivity index (χ1v) is 4.16. The Morgan fingerprint density at radius 3 is 2.25 bits per heavy atom. The molecule has 0 aromatic heterocycles. The number of rotatable bonds is 4. The summed E-state index contributed by atoms with van der Waals surface area (Å²) >= 11 is 3.78. The van der Waals surface area contributed by atoms with E-state index in [4.69, 9.17) is 4.74 Å². The topological polar surface area (TPSA) is 26.3 Å². The molecule has 0 fully saturated rings. The normalized spacial score (nSPS) is 10.3. The number of esters is 1. The van der Waals surface area contributed by atoms with Crippen LogP contribution in [0.25, 0.3) is 0 Å². The van der Waals surface area contributed by atoms with Gasteiger partial charge in [-0.25, -0.2) is 0 Å². The molecule has 0 aliphatic heterocycles. The highest BCUT2D eigenvalue weighted by molar-refractivity contribution is 7.81. The summed E-state index contributed by atoms with van der Waals surface area (Å²) in [7, 11) is 6.15. The average Bonchev–Trinajstić information content (AvgIpc) is 1.85. The van der Waals surface area contributed by atoms with Gasteiger partial charge in [0.15, 0.2) is 0 Å². The van der Waals surface area contributed by atoms with Crippen molar-refractivity contribution in [2.24, 2.45) is 0 Å². The van der Waals surface area contributed by atoms with Gasteiger partial charge in [0.2, 0.25) is 0 Å². The van der Waals surface area contributed by atoms with E-state index in [1.807, 2.05) is 0 Å². The second-order valence-electron chi connectivity index (χ2n) is 3.39. The van der Waals surface area contributed by atoms with Crippen LogP contribution in [-0.4, -0.2) is 50.5 Å².